The maximum Gasteiger partial charge on any atom is 0.150 e. The van der Waals surface area contributed by atoms with Gasteiger partial charge in [0.25, 0.3) is 0 Å². The SMILES string of the molecule is CN(C)c1ncnc2c1cc(-c1ccccn1)n2-c1ccc(C2(N)CCC2)cc1. The van der Waals surface area contributed by atoms with Gasteiger partial charge in [-0.1, -0.05) is 18.2 Å². The second-order valence-electron chi connectivity index (χ2n) is 7.97. The first-order chi connectivity index (χ1) is 14.1. The zero-order valence-electron chi connectivity index (χ0n) is 16.7. The lowest BCUT2D eigenvalue weighted by Crippen LogP contribution is -2.43. The molecule has 0 atom stereocenters. The molecule has 0 radical (unpaired) electrons. The van der Waals surface area contributed by atoms with Gasteiger partial charge in [-0.25, -0.2) is 9.97 Å². The van der Waals surface area contributed by atoms with Crippen LogP contribution in [-0.4, -0.2) is 33.6 Å². The first-order valence-corrected chi connectivity index (χ1v) is 9.92. The quantitative estimate of drug-likeness (QED) is 0.578. The molecule has 1 aliphatic rings. The first-order valence-electron chi connectivity index (χ1n) is 9.92. The first kappa shape index (κ1) is 17.8. The average Bonchev–Trinajstić information content (AvgIpc) is 3.12. The van der Waals surface area contributed by atoms with Crippen LogP contribution in [0.2, 0.25) is 0 Å². The largest absolute Gasteiger partial charge is 0.362 e. The molecule has 0 bridgehead atoms. The van der Waals surface area contributed by atoms with Gasteiger partial charge in [-0.05, 0) is 55.2 Å². The molecule has 5 rings (SSSR count). The van der Waals surface area contributed by atoms with E-state index in [2.05, 4.69) is 49.9 Å². The van der Waals surface area contributed by atoms with E-state index in [9.17, 15) is 0 Å². The van der Waals surface area contributed by atoms with Gasteiger partial charge in [0, 0.05) is 31.5 Å². The molecule has 0 saturated heterocycles. The Bertz CT molecular complexity index is 1160. The number of benzene rings is 1. The summed E-state index contributed by atoms with van der Waals surface area (Å²) >= 11 is 0. The number of hydrogen-bond donors (Lipinski definition) is 1. The third kappa shape index (κ3) is 2.87. The van der Waals surface area contributed by atoms with E-state index in [1.165, 1.54) is 12.0 Å². The fraction of sp³-hybridized carbons (Fsp3) is 0.261. The van der Waals surface area contributed by atoms with E-state index in [1.54, 1.807) is 6.33 Å². The Labute approximate surface area is 170 Å². The average molecular weight is 384 g/mol. The molecule has 146 valence electrons. The van der Waals surface area contributed by atoms with Gasteiger partial charge in [0.15, 0.2) is 5.65 Å². The summed E-state index contributed by atoms with van der Waals surface area (Å²) in [6.45, 7) is 0. The summed E-state index contributed by atoms with van der Waals surface area (Å²) in [6.07, 6.45) is 6.74. The van der Waals surface area contributed by atoms with Crippen molar-refractivity contribution in [3.8, 4) is 17.1 Å². The van der Waals surface area contributed by atoms with Crippen molar-refractivity contribution in [1.29, 1.82) is 0 Å². The highest BCUT2D eigenvalue weighted by atomic mass is 15.2. The molecule has 0 unspecified atom stereocenters. The molecule has 1 aliphatic carbocycles. The number of nitrogens with two attached hydrogens (primary N) is 1. The van der Waals surface area contributed by atoms with Crippen LogP contribution in [0.25, 0.3) is 28.1 Å². The van der Waals surface area contributed by atoms with Crippen LogP contribution in [0.3, 0.4) is 0 Å². The van der Waals surface area contributed by atoms with E-state index in [0.29, 0.717) is 0 Å². The van der Waals surface area contributed by atoms with Crippen LogP contribution in [-0.2, 0) is 5.54 Å². The van der Waals surface area contributed by atoms with E-state index >= 15 is 0 Å². The molecule has 4 aromatic rings. The van der Waals surface area contributed by atoms with E-state index in [0.717, 1.165) is 46.8 Å². The van der Waals surface area contributed by atoms with Gasteiger partial charge < -0.3 is 10.6 Å². The number of fused-ring (bicyclic) bond motifs is 1. The Balaban J connectivity index is 1.72. The number of hydrogen-bond acceptors (Lipinski definition) is 5. The predicted octanol–water partition coefficient (Wildman–Crippen LogP) is 3.89. The predicted molar refractivity (Wildman–Crippen MR) is 116 cm³/mol. The van der Waals surface area contributed by atoms with Crippen LogP contribution >= 0.6 is 0 Å². The van der Waals surface area contributed by atoms with Crippen molar-refractivity contribution in [2.24, 2.45) is 5.73 Å². The van der Waals surface area contributed by atoms with Gasteiger partial charge in [-0.3, -0.25) is 9.55 Å². The Hall–Kier alpha value is -3.25. The van der Waals surface area contributed by atoms with Crippen molar-refractivity contribution in [1.82, 2.24) is 19.5 Å². The van der Waals surface area contributed by atoms with Crippen molar-refractivity contribution in [3.63, 3.8) is 0 Å². The summed E-state index contributed by atoms with van der Waals surface area (Å²) in [5, 5.41) is 0.997. The number of anilines is 1. The molecule has 1 aromatic carbocycles. The van der Waals surface area contributed by atoms with E-state index < -0.39 is 0 Å². The Morgan fingerprint density at radius 2 is 1.79 bits per heavy atom. The smallest absolute Gasteiger partial charge is 0.150 e. The molecule has 6 nitrogen and oxygen atoms in total. The molecule has 2 N–H and O–H groups in total. The molecule has 0 aliphatic heterocycles. The van der Waals surface area contributed by atoms with Gasteiger partial charge in [0.2, 0.25) is 0 Å². The van der Waals surface area contributed by atoms with Gasteiger partial charge in [0.1, 0.15) is 12.1 Å². The summed E-state index contributed by atoms with van der Waals surface area (Å²) in [5.74, 6) is 0.887. The van der Waals surface area contributed by atoms with Crippen molar-refractivity contribution in [2.45, 2.75) is 24.8 Å². The second-order valence-corrected chi connectivity index (χ2v) is 7.97. The fourth-order valence-corrected chi connectivity index (χ4v) is 4.11. The topological polar surface area (TPSA) is 72.9 Å². The standard InChI is InChI=1S/C23H24N6/c1-28(2)21-18-14-20(19-6-3-4-13-25-19)29(22(18)27-15-26-21)17-9-7-16(8-10-17)23(24)11-5-12-23/h3-4,6-10,13-15H,5,11-12,24H2,1-2H3. The lowest BCUT2D eigenvalue weighted by Gasteiger charge is -2.38. The normalized spacial score (nSPS) is 15.3. The van der Waals surface area contributed by atoms with Gasteiger partial charge >= 0.3 is 0 Å². The molecule has 0 spiro atoms. The zero-order chi connectivity index (χ0) is 20.0. The van der Waals surface area contributed by atoms with Crippen LogP contribution < -0.4 is 10.6 Å². The summed E-state index contributed by atoms with van der Waals surface area (Å²) in [4.78, 5) is 15.7. The van der Waals surface area contributed by atoms with E-state index in [4.69, 9.17) is 5.73 Å². The zero-order valence-corrected chi connectivity index (χ0v) is 16.7. The van der Waals surface area contributed by atoms with Gasteiger partial charge in [-0.2, -0.15) is 0 Å². The third-order valence-electron chi connectivity index (χ3n) is 5.87. The van der Waals surface area contributed by atoms with Crippen LogP contribution in [0.4, 0.5) is 5.82 Å². The highest BCUT2D eigenvalue weighted by molar-refractivity contribution is 5.93. The molecule has 29 heavy (non-hydrogen) atoms. The minimum Gasteiger partial charge on any atom is -0.362 e. The third-order valence-corrected chi connectivity index (χ3v) is 5.87. The lowest BCUT2D eigenvalue weighted by molar-refractivity contribution is 0.253. The molecule has 6 heteroatoms. The summed E-state index contributed by atoms with van der Waals surface area (Å²) < 4.78 is 2.15. The maximum atomic E-state index is 6.51. The Morgan fingerprint density at radius 1 is 1.00 bits per heavy atom. The highest BCUT2D eigenvalue weighted by Gasteiger charge is 2.34. The molecule has 3 heterocycles. The van der Waals surface area contributed by atoms with E-state index in [1.807, 2.05) is 43.4 Å². The summed E-state index contributed by atoms with van der Waals surface area (Å²) in [7, 11) is 3.99. The Kier molecular flexibility index (Phi) is 4.10. The van der Waals surface area contributed by atoms with Gasteiger partial charge in [0.05, 0.1) is 16.8 Å². The molecule has 0 amide bonds. The van der Waals surface area contributed by atoms with Crippen LogP contribution in [0, 0.1) is 0 Å². The van der Waals surface area contributed by atoms with Crippen molar-refractivity contribution in [2.75, 3.05) is 19.0 Å². The molecule has 1 fully saturated rings. The number of nitrogens with zero attached hydrogens (tertiary/aromatic N) is 5. The minimum absolute atomic E-state index is 0.165. The van der Waals surface area contributed by atoms with Crippen molar-refractivity contribution < 1.29 is 0 Å². The number of aromatic nitrogens is 4. The van der Waals surface area contributed by atoms with Crippen LogP contribution in [0.1, 0.15) is 24.8 Å². The van der Waals surface area contributed by atoms with Crippen LogP contribution in [0.15, 0.2) is 61.1 Å². The fourth-order valence-electron chi connectivity index (χ4n) is 4.11. The number of rotatable bonds is 4. The molecule has 3 aromatic heterocycles. The number of pyridine rings is 1. The molecule has 1 saturated carbocycles. The Morgan fingerprint density at radius 3 is 2.41 bits per heavy atom. The van der Waals surface area contributed by atoms with E-state index in [-0.39, 0.29) is 5.54 Å². The van der Waals surface area contributed by atoms with Gasteiger partial charge in [-0.15, -0.1) is 0 Å². The second kappa shape index (κ2) is 6.67. The lowest BCUT2D eigenvalue weighted by atomic mass is 9.73. The minimum atomic E-state index is -0.165. The monoisotopic (exact) mass is 384 g/mol. The van der Waals surface area contributed by atoms with Crippen LogP contribution in [0.5, 0.6) is 0 Å². The summed E-state index contributed by atoms with van der Waals surface area (Å²) in [5.41, 5.74) is 11.3. The maximum absolute atomic E-state index is 6.51. The molecular weight excluding hydrogens is 360 g/mol. The highest BCUT2D eigenvalue weighted by Crippen LogP contribution is 2.39. The van der Waals surface area contributed by atoms with Crippen molar-refractivity contribution >= 4 is 16.9 Å². The van der Waals surface area contributed by atoms with Crippen molar-refractivity contribution in [3.05, 3.63) is 66.6 Å². The summed E-state index contributed by atoms with van der Waals surface area (Å²) in [6, 6.07) is 16.6. The molecular formula is C23H24N6.